The molecule has 3 nitrogen and oxygen atoms in total. The quantitative estimate of drug-likeness (QED) is 0.318. The first kappa shape index (κ1) is 23.2. The van der Waals surface area contributed by atoms with E-state index < -0.39 is 17.3 Å². The molecule has 0 saturated carbocycles. The Kier molecular flexibility index (Phi) is 6.13. The molecular formula is C23H23ClF3N3S. The molecule has 0 unspecified atom stereocenters. The summed E-state index contributed by atoms with van der Waals surface area (Å²) in [5.41, 5.74) is 0.433. The van der Waals surface area contributed by atoms with E-state index >= 15 is 0 Å². The van der Waals surface area contributed by atoms with Crippen molar-refractivity contribution in [1.82, 2.24) is 5.32 Å². The summed E-state index contributed by atoms with van der Waals surface area (Å²) in [5.74, 6) is 0.474. The minimum atomic E-state index is -4.55. The Hall–Kier alpha value is -2.51. The number of allylic oxidation sites excluding steroid dienone is 1. The lowest BCUT2D eigenvalue weighted by molar-refractivity contribution is -0.137. The number of hydrogen-bond acceptors (Lipinski definition) is 4. The molecule has 31 heavy (non-hydrogen) atoms. The summed E-state index contributed by atoms with van der Waals surface area (Å²) in [6, 6.07) is 3.95. The molecular weight excluding hydrogens is 443 g/mol. The highest BCUT2D eigenvalue weighted by Crippen LogP contribution is 2.45. The highest BCUT2D eigenvalue weighted by atomic mass is 35.5. The van der Waals surface area contributed by atoms with Gasteiger partial charge in [-0.05, 0) is 38.5 Å². The van der Waals surface area contributed by atoms with Crippen LogP contribution in [0.3, 0.4) is 0 Å². The maximum atomic E-state index is 13.4. The molecule has 1 aliphatic heterocycles. The van der Waals surface area contributed by atoms with Crippen LogP contribution in [0.2, 0.25) is 5.02 Å². The second-order valence-corrected chi connectivity index (χ2v) is 9.18. The van der Waals surface area contributed by atoms with Crippen molar-refractivity contribution in [2.75, 3.05) is 5.32 Å². The largest absolute Gasteiger partial charge is 0.416 e. The third-order valence-electron chi connectivity index (χ3n) is 5.30. The second kappa shape index (κ2) is 8.20. The van der Waals surface area contributed by atoms with Crippen LogP contribution >= 0.6 is 22.9 Å². The average molecular weight is 466 g/mol. The topological polar surface area (TPSA) is 47.9 Å². The molecule has 0 spiro atoms. The summed E-state index contributed by atoms with van der Waals surface area (Å²) in [6.45, 7) is 13.5. The molecule has 164 valence electrons. The van der Waals surface area contributed by atoms with Gasteiger partial charge in [0.25, 0.3) is 0 Å². The highest BCUT2D eigenvalue weighted by molar-refractivity contribution is 7.12. The fourth-order valence-corrected chi connectivity index (χ4v) is 4.89. The Morgan fingerprint density at radius 3 is 2.35 bits per heavy atom. The van der Waals surface area contributed by atoms with Crippen molar-refractivity contribution in [3.63, 3.8) is 0 Å². The molecule has 1 aromatic heterocycles. The first-order valence-corrected chi connectivity index (χ1v) is 10.8. The van der Waals surface area contributed by atoms with Gasteiger partial charge in [-0.15, -0.1) is 24.5 Å². The normalized spacial score (nSPS) is 16.6. The highest BCUT2D eigenvalue weighted by Gasteiger charge is 2.40. The maximum Gasteiger partial charge on any atom is 0.416 e. The van der Waals surface area contributed by atoms with Gasteiger partial charge in [-0.1, -0.05) is 30.7 Å². The number of thiophene rings is 1. The van der Waals surface area contributed by atoms with Crippen LogP contribution in [0, 0.1) is 19.3 Å². The number of halogens is 4. The van der Waals surface area contributed by atoms with E-state index in [0.29, 0.717) is 29.2 Å². The van der Waals surface area contributed by atoms with Gasteiger partial charge in [-0.3, -0.25) is 0 Å². The van der Waals surface area contributed by atoms with E-state index in [-0.39, 0.29) is 10.6 Å². The monoisotopic (exact) mass is 465 g/mol. The van der Waals surface area contributed by atoms with Crippen LogP contribution in [0.5, 0.6) is 0 Å². The number of alkyl halides is 3. The van der Waals surface area contributed by atoms with Crippen LogP contribution in [0.25, 0.3) is 5.57 Å². The first-order chi connectivity index (χ1) is 14.5. The van der Waals surface area contributed by atoms with Crippen molar-refractivity contribution in [2.45, 2.75) is 38.9 Å². The van der Waals surface area contributed by atoms with Gasteiger partial charge in [0.05, 0.1) is 16.3 Å². The van der Waals surface area contributed by atoms with E-state index in [2.05, 4.69) is 23.8 Å². The second-order valence-electron chi connectivity index (χ2n) is 7.31. The number of aryl methyl sites for hydroxylation is 2. The minimum absolute atomic E-state index is 0.0718. The minimum Gasteiger partial charge on any atom is -0.355 e. The summed E-state index contributed by atoms with van der Waals surface area (Å²) >= 11 is 7.94. The van der Waals surface area contributed by atoms with E-state index in [1.54, 1.807) is 11.3 Å². The first-order valence-electron chi connectivity index (χ1n) is 9.60. The van der Waals surface area contributed by atoms with Crippen LogP contribution in [0.15, 0.2) is 49.3 Å². The third-order valence-corrected chi connectivity index (χ3v) is 6.57. The molecule has 2 heterocycles. The lowest BCUT2D eigenvalue weighted by Crippen LogP contribution is -2.45. The fourth-order valence-electron chi connectivity index (χ4n) is 3.69. The zero-order valence-corrected chi connectivity index (χ0v) is 19.0. The summed E-state index contributed by atoms with van der Waals surface area (Å²) in [5, 5.41) is 14.9. The molecule has 8 heteroatoms. The standard InChI is InChI=1S/C23H23ClF3N3S/c1-6-18(28)19(15-9-12(4)31-13(15)5)21-29-20-16(22(7-2,8-3)30-21)10-14(11-17(20)24)23(25,26)27/h7-11,28-30H,2-3,6H2,1,4-5H3/b21-19+,28-18?. The Labute approximate surface area is 188 Å². The number of benzene rings is 1. The SMILES string of the molecule is C=CC1(C=C)N/C(=C(/C(=N)CC)c2cc(C)sc2C)Nc2c(Cl)cc(C(F)(F)F)cc21. The summed E-state index contributed by atoms with van der Waals surface area (Å²) in [6.07, 6.45) is -1.09. The van der Waals surface area contributed by atoms with Crippen LogP contribution in [0.1, 0.15) is 39.8 Å². The number of anilines is 1. The molecule has 1 aromatic carbocycles. The van der Waals surface area contributed by atoms with Crippen LogP contribution < -0.4 is 10.6 Å². The smallest absolute Gasteiger partial charge is 0.355 e. The fraction of sp³-hybridized carbons (Fsp3) is 0.261. The molecule has 0 saturated heterocycles. The summed E-state index contributed by atoms with van der Waals surface area (Å²) < 4.78 is 40.3. The van der Waals surface area contributed by atoms with Crippen molar-refractivity contribution in [3.05, 3.63) is 80.8 Å². The van der Waals surface area contributed by atoms with E-state index in [1.165, 1.54) is 12.2 Å². The Balaban J connectivity index is 2.34. The van der Waals surface area contributed by atoms with Gasteiger partial charge in [0.1, 0.15) is 11.4 Å². The number of fused-ring (bicyclic) bond motifs is 1. The van der Waals surface area contributed by atoms with Gasteiger partial charge in [-0.25, -0.2) is 0 Å². The lowest BCUT2D eigenvalue weighted by atomic mass is 9.84. The number of rotatable bonds is 5. The van der Waals surface area contributed by atoms with Crippen molar-refractivity contribution in [2.24, 2.45) is 0 Å². The molecule has 3 N–H and O–H groups in total. The predicted octanol–water partition coefficient (Wildman–Crippen LogP) is 7.42. The zero-order valence-electron chi connectivity index (χ0n) is 17.4. The molecule has 0 atom stereocenters. The van der Waals surface area contributed by atoms with Gasteiger partial charge >= 0.3 is 6.18 Å². The lowest BCUT2D eigenvalue weighted by Gasteiger charge is -2.40. The van der Waals surface area contributed by atoms with Crippen molar-refractivity contribution < 1.29 is 13.2 Å². The molecule has 0 fully saturated rings. The number of nitrogens with one attached hydrogen (secondary N) is 3. The van der Waals surface area contributed by atoms with Gasteiger partial charge in [0.15, 0.2) is 0 Å². The Morgan fingerprint density at radius 2 is 1.87 bits per heavy atom. The Morgan fingerprint density at radius 1 is 1.23 bits per heavy atom. The molecule has 1 aliphatic rings. The van der Waals surface area contributed by atoms with Crippen LogP contribution in [-0.2, 0) is 11.7 Å². The third kappa shape index (κ3) is 4.04. The van der Waals surface area contributed by atoms with E-state index in [0.717, 1.165) is 27.5 Å². The van der Waals surface area contributed by atoms with Crippen LogP contribution in [-0.4, -0.2) is 5.71 Å². The van der Waals surface area contributed by atoms with Crippen molar-refractivity contribution >= 4 is 39.9 Å². The van der Waals surface area contributed by atoms with Crippen molar-refractivity contribution in [3.8, 4) is 0 Å². The maximum absolute atomic E-state index is 13.4. The van der Waals surface area contributed by atoms with Crippen LogP contribution in [0.4, 0.5) is 18.9 Å². The zero-order chi connectivity index (χ0) is 23.1. The molecule has 0 aliphatic carbocycles. The van der Waals surface area contributed by atoms with Gasteiger partial charge < -0.3 is 16.0 Å². The van der Waals surface area contributed by atoms with Crippen molar-refractivity contribution in [1.29, 1.82) is 5.41 Å². The van der Waals surface area contributed by atoms with E-state index in [9.17, 15) is 13.2 Å². The number of hydrogen-bond donors (Lipinski definition) is 3. The molecule has 0 bridgehead atoms. The molecule has 2 aromatic rings. The van der Waals surface area contributed by atoms with Gasteiger partial charge in [0.2, 0.25) is 0 Å². The summed E-state index contributed by atoms with van der Waals surface area (Å²) in [7, 11) is 0. The molecule has 0 radical (unpaired) electrons. The van der Waals surface area contributed by atoms with E-state index in [4.69, 9.17) is 17.0 Å². The molecule has 0 amide bonds. The molecule has 3 rings (SSSR count). The predicted molar refractivity (Wildman–Crippen MR) is 124 cm³/mol. The van der Waals surface area contributed by atoms with Gasteiger partial charge in [0, 0.05) is 32.2 Å². The Bertz CT molecular complexity index is 1100. The van der Waals surface area contributed by atoms with E-state index in [1.807, 2.05) is 26.8 Å². The summed E-state index contributed by atoms with van der Waals surface area (Å²) in [4.78, 5) is 2.13. The van der Waals surface area contributed by atoms with Gasteiger partial charge in [-0.2, -0.15) is 13.2 Å². The average Bonchev–Trinajstić information content (AvgIpc) is 3.04.